The highest BCUT2D eigenvalue weighted by atomic mass is 35.5. The third-order valence-corrected chi connectivity index (χ3v) is 4.71. The first-order valence-corrected chi connectivity index (χ1v) is 8.95. The lowest BCUT2D eigenvalue weighted by molar-refractivity contribution is -0.384. The first-order chi connectivity index (χ1) is 13.0. The Morgan fingerprint density at radius 1 is 1.34 bits per heavy atom. The number of amides is 1. The summed E-state index contributed by atoms with van der Waals surface area (Å²) in [7, 11) is 0. The lowest BCUT2D eigenvalue weighted by Crippen LogP contribution is -2.52. The molecule has 1 aliphatic rings. The molecular weight excluding hydrogens is 417 g/mol. The molecule has 1 fully saturated rings. The molecule has 2 heterocycles. The van der Waals surface area contributed by atoms with Gasteiger partial charge in [-0.05, 0) is 38.1 Å². The molecule has 0 spiro atoms. The average molecular weight is 442 g/mol. The van der Waals surface area contributed by atoms with Gasteiger partial charge in [0.1, 0.15) is 5.69 Å². The number of aromatic nitrogens is 1. The Morgan fingerprint density at radius 3 is 2.72 bits per heavy atom. The summed E-state index contributed by atoms with van der Waals surface area (Å²) < 4.78 is 0. The zero-order valence-electron chi connectivity index (χ0n) is 16.2. The molecule has 0 aliphatic carbocycles. The molecule has 1 saturated heterocycles. The van der Waals surface area contributed by atoms with Crippen LogP contribution in [0, 0.1) is 10.1 Å². The van der Waals surface area contributed by atoms with Crippen LogP contribution in [-0.4, -0.2) is 46.4 Å². The molecule has 1 aromatic heterocycles. The van der Waals surface area contributed by atoms with E-state index in [1.807, 2.05) is 32.0 Å². The largest absolute Gasteiger partial charge is 0.371 e. The van der Waals surface area contributed by atoms with Gasteiger partial charge in [0.25, 0.3) is 11.6 Å². The van der Waals surface area contributed by atoms with Crippen LogP contribution in [0.4, 0.5) is 11.4 Å². The van der Waals surface area contributed by atoms with Crippen LogP contribution in [0.2, 0.25) is 0 Å². The number of anilines is 1. The Balaban J connectivity index is 0.00000210. The maximum Gasteiger partial charge on any atom is 0.293 e. The van der Waals surface area contributed by atoms with Crippen LogP contribution < -0.4 is 10.6 Å². The highest BCUT2D eigenvalue weighted by Gasteiger charge is 2.26. The molecule has 2 N–H and O–H groups in total. The van der Waals surface area contributed by atoms with Gasteiger partial charge < -0.3 is 15.5 Å². The fourth-order valence-corrected chi connectivity index (χ4v) is 3.19. The average Bonchev–Trinajstić information content (AvgIpc) is 2.68. The minimum absolute atomic E-state index is 0. The molecule has 2 unspecified atom stereocenters. The number of pyridine rings is 1. The summed E-state index contributed by atoms with van der Waals surface area (Å²) in [4.78, 5) is 29.9. The zero-order valence-corrected chi connectivity index (χ0v) is 17.8. The predicted molar refractivity (Wildman–Crippen MR) is 117 cm³/mol. The van der Waals surface area contributed by atoms with Crippen LogP contribution in [0.15, 0.2) is 42.6 Å². The van der Waals surface area contributed by atoms with E-state index >= 15 is 0 Å². The molecule has 1 aliphatic heterocycles. The van der Waals surface area contributed by atoms with Crippen LogP contribution in [0.5, 0.6) is 0 Å². The molecule has 1 amide bonds. The molecule has 2 aromatic rings. The van der Waals surface area contributed by atoms with Crippen LogP contribution >= 0.6 is 24.8 Å². The number of nitrogens with one attached hydrogen (secondary N) is 2. The van der Waals surface area contributed by atoms with Gasteiger partial charge in [0, 0.05) is 43.5 Å². The van der Waals surface area contributed by atoms with Gasteiger partial charge in [-0.3, -0.25) is 19.9 Å². The number of rotatable bonds is 5. The first kappa shape index (κ1) is 24.6. The van der Waals surface area contributed by atoms with Gasteiger partial charge >= 0.3 is 0 Å². The van der Waals surface area contributed by atoms with Crippen molar-refractivity contribution in [3.05, 3.63) is 64.0 Å². The molecule has 2 atom stereocenters. The Bertz CT molecular complexity index is 838. The summed E-state index contributed by atoms with van der Waals surface area (Å²) in [5.74, 6) is -0.184. The summed E-state index contributed by atoms with van der Waals surface area (Å²) in [6.07, 6.45) is 1.68. The number of benzene rings is 1. The van der Waals surface area contributed by atoms with E-state index < -0.39 is 4.92 Å². The van der Waals surface area contributed by atoms with Crippen molar-refractivity contribution in [2.75, 3.05) is 25.0 Å². The van der Waals surface area contributed by atoms with Gasteiger partial charge in [0.2, 0.25) is 0 Å². The van der Waals surface area contributed by atoms with E-state index in [-0.39, 0.29) is 48.5 Å². The Morgan fingerprint density at radius 2 is 2.10 bits per heavy atom. The van der Waals surface area contributed by atoms with E-state index in [4.69, 9.17) is 0 Å². The van der Waals surface area contributed by atoms with Gasteiger partial charge in [0.05, 0.1) is 16.7 Å². The quantitative estimate of drug-likeness (QED) is 0.544. The number of nitro groups is 1. The summed E-state index contributed by atoms with van der Waals surface area (Å²) in [6.45, 7) is 5.87. The normalized spacial score (nSPS) is 16.8. The molecule has 8 nitrogen and oxygen atoms in total. The topological polar surface area (TPSA) is 100 Å². The monoisotopic (exact) mass is 441 g/mol. The Labute approximate surface area is 182 Å². The van der Waals surface area contributed by atoms with E-state index in [1.165, 1.54) is 6.07 Å². The van der Waals surface area contributed by atoms with Crippen LogP contribution in [0.1, 0.15) is 35.9 Å². The number of piperazine rings is 1. The third kappa shape index (κ3) is 5.79. The number of halogens is 2. The van der Waals surface area contributed by atoms with Gasteiger partial charge in [-0.15, -0.1) is 24.8 Å². The number of nitro benzene ring substituents is 1. The van der Waals surface area contributed by atoms with E-state index in [9.17, 15) is 14.9 Å². The van der Waals surface area contributed by atoms with Gasteiger partial charge in [-0.2, -0.15) is 0 Å². The van der Waals surface area contributed by atoms with E-state index in [0.717, 1.165) is 18.8 Å². The lowest BCUT2D eigenvalue weighted by atomic mass is 10.1. The number of nitrogens with zero attached hydrogens (tertiary/aromatic N) is 3. The van der Waals surface area contributed by atoms with Gasteiger partial charge in [-0.1, -0.05) is 6.07 Å². The molecule has 1 aromatic carbocycles. The predicted octanol–water partition coefficient (Wildman–Crippen LogP) is 3.44. The van der Waals surface area contributed by atoms with Crippen molar-refractivity contribution < 1.29 is 9.72 Å². The molecule has 0 saturated carbocycles. The highest BCUT2D eigenvalue weighted by molar-refractivity contribution is 5.96. The Hall–Kier alpha value is -2.42. The number of hydrogen-bond donors (Lipinski definition) is 2. The molecule has 29 heavy (non-hydrogen) atoms. The fourth-order valence-electron chi connectivity index (χ4n) is 3.19. The first-order valence-electron chi connectivity index (χ1n) is 8.95. The second kappa shape index (κ2) is 10.9. The minimum Gasteiger partial charge on any atom is -0.371 e. The van der Waals surface area contributed by atoms with E-state index in [0.29, 0.717) is 17.8 Å². The van der Waals surface area contributed by atoms with Crippen LogP contribution in [0.25, 0.3) is 0 Å². The smallest absolute Gasteiger partial charge is 0.293 e. The van der Waals surface area contributed by atoms with Crippen molar-refractivity contribution in [1.82, 2.24) is 15.2 Å². The fraction of sp³-hybridized carbons (Fsp3) is 0.368. The molecule has 0 bridgehead atoms. The number of carbonyl (C=O) groups is 1. The molecule has 0 radical (unpaired) electrons. The van der Waals surface area contributed by atoms with Gasteiger partial charge in [0.15, 0.2) is 0 Å². The van der Waals surface area contributed by atoms with Crippen LogP contribution in [-0.2, 0) is 0 Å². The SMILES string of the molecule is CC(Nc1ccc(C(=O)N2CCNCC2C)cc1[N+](=O)[O-])c1ccccn1.Cl.Cl. The second-order valence-electron chi connectivity index (χ2n) is 6.66. The maximum absolute atomic E-state index is 12.8. The summed E-state index contributed by atoms with van der Waals surface area (Å²) in [6, 6.07) is 9.96. The summed E-state index contributed by atoms with van der Waals surface area (Å²) >= 11 is 0. The molecule has 10 heteroatoms. The third-order valence-electron chi connectivity index (χ3n) is 4.71. The van der Waals surface area contributed by atoms with Crippen molar-refractivity contribution in [2.45, 2.75) is 25.9 Å². The zero-order chi connectivity index (χ0) is 19.4. The second-order valence-corrected chi connectivity index (χ2v) is 6.66. The van der Waals surface area contributed by atoms with E-state index in [1.54, 1.807) is 23.2 Å². The lowest BCUT2D eigenvalue weighted by Gasteiger charge is -2.34. The van der Waals surface area contributed by atoms with E-state index in [2.05, 4.69) is 15.6 Å². The van der Waals surface area contributed by atoms with Gasteiger partial charge in [-0.25, -0.2) is 0 Å². The van der Waals surface area contributed by atoms with Crippen molar-refractivity contribution in [2.24, 2.45) is 0 Å². The standard InChI is InChI=1S/C19H23N5O3.2ClH/c1-13-12-20-9-10-23(13)19(25)15-6-7-17(18(11-15)24(26)27)22-14(2)16-5-3-4-8-21-16;;/h3-8,11,13-14,20,22H,9-10,12H2,1-2H3;2*1H. The molecule has 3 rings (SSSR count). The summed E-state index contributed by atoms with van der Waals surface area (Å²) in [5.41, 5.74) is 1.35. The van der Waals surface area contributed by atoms with Crippen molar-refractivity contribution in [3.63, 3.8) is 0 Å². The van der Waals surface area contributed by atoms with Crippen LogP contribution in [0.3, 0.4) is 0 Å². The number of carbonyl (C=O) groups excluding carboxylic acids is 1. The number of hydrogen-bond acceptors (Lipinski definition) is 6. The molecule has 158 valence electrons. The highest BCUT2D eigenvalue weighted by Crippen LogP contribution is 2.29. The Kier molecular flexibility index (Phi) is 9.29. The molecular formula is C19H25Cl2N5O3. The van der Waals surface area contributed by atoms with Crippen molar-refractivity contribution in [1.29, 1.82) is 0 Å². The summed E-state index contributed by atoms with van der Waals surface area (Å²) in [5, 5.41) is 17.9. The van der Waals surface area contributed by atoms with Crippen molar-refractivity contribution in [3.8, 4) is 0 Å². The maximum atomic E-state index is 12.8. The van der Waals surface area contributed by atoms with Crippen molar-refractivity contribution >= 4 is 42.1 Å². The minimum atomic E-state index is -0.467.